The van der Waals surface area contributed by atoms with E-state index in [9.17, 15) is 9.59 Å². The summed E-state index contributed by atoms with van der Waals surface area (Å²) in [5.74, 6) is -0.771. The van der Waals surface area contributed by atoms with E-state index in [2.05, 4.69) is 5.32 Å². The molecule has 0 unspecified atom stereocenters. The Hall–Kier alpha value is -2.30. The lowest BCUT2D eigenvalue weighted by Crippen LogP contribution is -2.41. The Morgan fingerprint density at radius 3 is 2.80 bits per heavy atom. The lowest BCUT2D eigenvalue weighted by atomic mass is 10.1. The summed E-state index contributed by atoms with van der Waals surface area (Å²) < 4.78 is 10.0. The standard InChI is InChI=1S/C15H17NO4/c1-3-6-12(15(18)19-2)16-14(17)11-9-20-13-8-5-4-7-10(11)13/h4-5,7-9,12H,3,6H2,1-2H3,(H,16,17)/t12-/m1/s1. The molecule has 1 N–H and O–H groups in total. The zero-order valence-electron chi connectivity index (χ0n) is 11.5. The maximum atomic E-state index is 12.2. The number of methoxy groups -OCH3 is 1. The molecule has 1 aromatic heterocycles. The van der Waals surface area contributed by atoms with Gasteiger partial charge in [-0.1, -0.05) is 31.5 Å². The van der Waals surface area contributed by atoms with Crippen molar-refractivity contribution in [3.05, 3.63) is 36.1 Å². The van der Waals surface area contributed by atoms with E-state index in [4.69, 9.17) is 9.15 Å². The summed E-state index contributed by atoms with van der Waals surface area (Å²) in [6.07, 6.45) is 2.71. The van der Waals surface area contributed by atoms with Crippen LogP contribution in [-0.4, -0.2) is 25.0 Å². The van der Waals surface area contributed by atoms with Crippen LogP contribution >= 0.6 is 0 Å². The molecule has 0 aliphatic rings. The fourth-order valence-corrected chi connectivity index (χ4v) is 2.07. The Labute approximate surface area is 116 Å². The third-order valence-electron chi connectivity index (χ3n) is 3.09. The average Bonchev–Trinajstić information content (AvgIpc) is 2.90. The highest BCUT2D eigenvalue weighted by Crippen LogP contribution is 2.20. The first-order valence-corrected chi connectivity index (χ1v) is 6.52. The third kappa shape index (κ3) is 2.82. The number of furan rings is 1. The number of fused-ring (bicyclic) bond motifs is 1. The predicted molar refractivity (Wildman–Crippen MR) is 74.4 cm³/mol. The van der Waals surface area contributed by atoms with Gasteiger partial charge in [0.1, 0.15) is 17.9 Å². The first kappa shape index (κ1) is 14.1. The fourth-order valence-electron chi connectivity index (χ4n) is 2.07. The van der Waals surface area contributed by atoms with Crippen molar-refractivity contribution in [3.63, 3.8) is 0 Å². The lowest BCUT2D eigenvalue weighted by Gasteiger charge is -2.15. The van der Waals surface area contributed by atoms with E-state index in [1.54, 1.807) is 12.1 Å². The minimum absolute atomic E-state index is 0.334. The van der Waals surface area contributed by atoms with Crippen LogP contribution in [0.5, 0.6) is 0 Å². The molecule has 5 nitrogen and oxygen atoms in total. The zero-order chi connectivity index (χ0) is 14.5. The number of amides is 1. The SMILES string of the molecule is CCC[C@@H](NC(=O)c1coc2ccccc12)C(=O)OC. The van der Waals surface area contributed by atoms with Crippen LogP contribution in [0.25, 0.3) is 11.0 Å². The maximum absolute atomic E-state index is 12.2. The first-order chi connectivity index (χ1) is 9.67. The molecule has 0 radical (unpaired) electrons. The van der Waals surface area contributed by atoms with Gasteiger partial charge in [-0.25, -0.2) is 4.79 Å². The molecule has 2 rings (SSSR count). The molecular formula is C15H17NO4. The van der Waals surface area contributed by atoms with Crippen molar-refractivity contribution in [1.29, 1.82) is 0 Å². The van der Waals surface area contributed by atoms with Crippen LogP contribution in [0, 0.1) is 0 Å². The van der Waals surface area contributed by atoms with Crippen molar-refractivity contribution >= 4 is 22.8 Å². The highest BCUT2D eigenvalue weighted by molar-refractivity contribution is 6.06. The van der Waals surface area contributed by atoms with Gasteiger partial charge < -0.3 is 14.5 Å². The van der Waals surface area contributed by atoms with Crippen molar-refractivity contribution in [2.45, 2.75) is 25.8 Å². The quantitative estimate of drug-likeness (QED) is 0.851. The van der Waals surface area contributed by atoms with Crippen LogP contribution in [0.1, 0.15) is 30.1 Å². The molecule has 1 aromatic carbocycles. The minimum atomic E-state index is -0.633. The topological polar surface area (TPSA) is 68.5 Å². The number of carbonyl (C=O) groups excluding carboxylic acids is 2. The molecule has 0 aliphatic carbocycles. The molecule has 0 spiro atoms. The van der Waals surface area contributed by atoms with Crippen molar-refractivity contribution in [2.75, 3.05) is 7.11 Å². The molecule has 0 saturated carbocycles. The average molecular weight is 275 g/mol. The number of hydrogen-bond donors (Lipinski definition) is 1. The molecule has 0 aliphatic heterocycles. The molecule has 1 heterocycles. The summed E-state index contributed by atoms with van der Waals surface area (Å²) in [7, 11) is 1.31. The van der Waals surface area contributed by atoms with Crippen molar-refractivity contribution < 1.29 is 18.7 Å². The molecule has 1 amide bonds. The largest absolute Gasteiger partial charge is 0.467 e. The Balaban J connectivity index is 2.20. The van der Waals surface area contributed by atoms with Crippen LogP contribution in [0.3, 0.4) is 0 Å². The number of nitrogens with one attached hydrogen (secondary N) is 1. The van der Waals surface area contributed by atoms with Gasteiger partial charge in [0, 0.05) is 5.39 Å². The normalized spacial score (nSPS) is 12.1. The van der Waals surface area contributed by atoms with Gasteiger partial charge in [0.2, 0.25) is 0 Å². The minimum Gasteiger partial charge on any atom is -0.467 e. The van der Waals surface area contributed by atoms with E-state index in [0.717, 1.165) is 11.8 Å². The molecule has 106 valence electrons. The summed E-state index contributed by atoms with van der Waals surface area (Å²) in [6.45, 7) is 1.94. The Kier molecular flexibility index (Phi) is 4.40. The van der Waals surface area contributed by atoms with E-state index in [1.165, 1.54) is 13.4 Å². The van der Waals surface area contributed by atoms with Gasteiger partial charge in [-0.15, -0.1) is 0 Å². The molecule has 0 fully saturated rings. The second-order valence-electron chi connectivity index (χ2n) is 4.48. The number of hydrogen-bond acceptors (Lipinski definition) is 4. The van der Waals surface area contributed by atoms with Gasteiger partial charge in [-0.2, -0.15) is 0 Å². The fraction of sp³-hybridized carbons (Fsp3) is 0.333. The number of carbonyl (C=O) groups is 2. The van der Waals surface area contributed by atoms with Gasteiger partial charge in [0.15, 0.2) is 0 Å². The van der Waals surface area contributed by atoms with E-state index in [1.807, 2.05) is 19.1 Å². The maximum Gasteiger partial charge on any atom is 0.328 e. The van der Waals surface area contributed by atoms with Crippen molar-refractivity contribution in [3.8, 4) is 0 Å². The Morgan fingerprint density at radius 1 is 1.35 bits per heavy atom. The third-order valence-corrected chi connectivity index (χ3v) is 3.09. The highest BCUT2D eigenvalue weighted by atomic mass is 16.5. The van der Waals surface area contributed by atoms with Gasteiger partial charge in [0.05, 0.1) is 12.7 Å². The van der Waals surface area contributed by atoms with Crippen LogP contribution < -0.4 is 5.32 Å². The number of ether oxygens (including phenoxy) is 1. The summed E-state index contributed by atoms with van der Waals surface area (Å²) in [5, 5.41) is 3.42. The highest BCUT2D eigenvalue weighted by Gasteiger charge is 2.22. The van der Waals surface area contributed by atoms with Crippen LogP contribution in [-0.2, 0) is 9.53 Å². The zero-order valence-corrected chi connectivity index (χ0v) is 11.5. The van der Waals surface area contributed by atoms with E-state index in [-0.39, 0.29) is 5.91 Å². The van der Waals surface area contributed by atoms with Crippen LogP contribution in [0.2, 0.25) is 0 Å². The van der Waals surface area contributed by atoms with Gasteiger partial charge in [0.25, 0.3) is 5.91 Å². The number of rotatable bonds is 5. The number of para-hydroxylation sites is 1. The smallest absolute Gasteiger partial charge is 0.328 e. The molecule has 20 heavy (non-hydrogen) atoms. The molecule has 0 bridgehead atoms. The summed E-state index contributed by atoms with van der Waals surface area (Å²) >= 11 is 0. The summed E-state index contributed by atoms with van der Waals surface area (Å²) in [6, 6.07) is 6.63. The lowest BCUT2D eigenvalue weighted by molar-refractivity contribution is -0.143. The van der Waals surface area contributed by atoms with E-state index >= 15 is 0 Å². The molecule has 1 atom stereocenters. The molecular weight excluding hydrogens is 258 g/mol. The van der Waals surface area contributed by atoms with Gasteiger partial charge in [-0.3, -0.25) is 4.79 Å². The van der Waals surface area contributed by atoms with Crippen molar-refractivity contribution in [1.82, 2.24) is 5.32 Å². The second kappa shape index (κ2) is 6.23. The van der Waals surface area contributed by atoms with Gasteiger partial charge >= 0.3 is 5.97 Å². The number of benzene rings is 1. The Morgan fingerprint density at radius 2 is 2.10 bits per heavy atom. The number of esters is 1. The Bertz CT molecular complexity index is 617. The van der Waals surface area contributed by atoms with Crippen LogP contribution in [0.4, 0.5) is 0 Å². The molecule has 2 aromatic rings. The first-order valence-electron chi connectivity index (χ1n) is 6.52. The summed E-state index contributed by atoms with van der Waals surface area (Å²) in [4.78, 5) is 23.9. The van der Waals surface area contributed by atoms with Crippen LogP contribution in [0.15, 0.2) is 34.9 Å². The molecule has 0 saturated heterocycles. The second-order valence-corrected chi connectivity index (χ2v) is 4.48. The van der Waals surface area contributed by atoms with Crippen molar-refractivity contribution in [2.24, 2.45) is 0 Å². The van der Waals surface area contributed by atoms with E-state index in [0.29, 0.717) is 17.6 Å². The predicted octanol–water partition coefficient (Wildman–Crippen LogP) is 2.50. The van der Waals surface area contributed by atoms with Gasteiger partial charge in [-0.05, 0) is 12.5 Å². The molecule has 5 heteroatoms. The monoisotopic (exact) mass is 275 g/mol. The summed E-state index contributed by atoms with van der Waals surface area (Å²) in [5.41, 5.74) is 1.06. The van der Waals surface area contributed by atoms with E-state index < -0.39 is 12.0 Å².